The summed E-state index contributed by atoms with van der Waals surface area (Å²) in [5, 5.41) is 23.0. The van der Waals surface area contributed by atoms with E-state index in [4.69, 9.17) is 4.74 Å². The first kappa shape index (κ1) is 27.4. The standard InChI is InChI=1S/C32H50O5/c1-18(2)21-15-23(37-19(3)34)27-31(8)12-9-20-26(30(31,7)13-14-32(21,27)17-33)22(35)16-24-28(4,5)25(36)10-11-29(20,24)6/h9,18,21-24,26-27,33,35H,10-17H2,1-8H3. The van der Waals surface area contributed by atoms with Crippen molar-refractivity contribution in [1.82, 2.24) is 0 Å². The predicted octanol–water partition coefficient (Wildman–Crippen LogP) is 5.72. The van der Waals surface area contributed by atoms with Gasteiger partial charge in [0.2, 0.25) is 0 Å². The van der Waals surface area contributed by atoms with Crippen LogP contribution in [0.4, 0.5) is 0 Å². The third-order valence-corrected chi connectivity index (χ3v) is 13.3. The molecule has 5 aliphatic rings. The highest BCUT2D eigenvalue weighted by Crippen LogP contribution is 2.76. The number of hydrogen-bond acceptors (Lipinski definition) is 5. The van der Waals surface area contributed by atoms with Gasteiger partial charge < -0.3 is 14.9 Å². The van der Waals surface area contributed by atoms with Crippen LogP contribution in [0, 0.1) is 56.7 Å². The van der Waals surface area contributed by atoms with Crippen LogP contribution in [-0.4, -0.2) is 40.8 Å². The molecule has 0 aromatic carbocycles. The Morgan fingerprint density at radius 3 is 2.35 bits per heavy atom. The number of Topliss-reactive ketones (excluding diaryl/α,β-unsaturated/α-hetero) is 1. The second-order valence-electron chi connectivity index (χ2n) is 15.2. The summed E-state index contributed by atoms with van der Waals surface area (Å²) in [5.41, 5.74) is 0.147. The Morgan fingerprint density at radius 1 is 1.08 bits per heavy atom. The van der Waals surface area contributed by atoms with Crippen LogP contribution in [0.15, 0.2) is 11.6 Å². The van der Waals surface area contributed by atoms with E-state index in [2.05, 4.69) is 54.5 Å². The van der Waals surface area contributed by atoms with E-state index in [0.717, 1.165) is 32.1 Å². The molecule has 10 atom stereocenters. The predicted molar refractivity (Wildman–Crippen MR) is 143 cm³/mol. The fourth-order valence-electron chi connectivity index (χ4n) is 11.3. The van der Waals surface area contributed by atoms with E-state index in [-0.39, 0.29) is 58.1 Å². The molecular weight excluding hydrogens is 464 g/mol. The Morgan fingerprint density at radius 2 is 1.76 bits per heavy atom. The number of carbonyl (C=O) groups is 2. The molecule has 0 aliphatic heterocycles. The fraction of sp³-hybridized carbons (Fsp3) is 0.875. The van der Waals surface area contributed by atoms with Crippen LogP contribution < -0.4 is 0 Å². The van der Waals surface area contributed by atoms with Gasteiger partial charge in [-0.25, -0.2) is 0 Å². The molecule has 5 heteroatoms. The van der Waals surface area contributed by atoms with Crippen molar-refractivity contribution in [2.75, 3.05) is 6.61 Å². The molecule has 0 amide bonds. The normalized spacial score (nSPS) is 50.5. The molecule has 0 radical (unpaired) electrons. The van der Waals surface area contributed by atoms with Crippen molar-refractivity contribution in [1.29, 1.82) is 0 Å². The molecule has 4 fully saturated rings. The van der Waals surface area contributed by atoms with Crippen LogP contribution >= 0.6 is 0 Å². The molecule has 208 valence electrons. The minimum absolute atomic E-state index is 0.0178. The van der Waals surface area contributed by atoms with Gasteiger partial charge in [-0.1, -0.05) is 60.1 Å². The number of esters is 1. The highest BCUT2D eigenvalue weighted by Gasteiger charge is 2.73. The molecule has 5 rings (SSSR count). The number of ether oxygens (including phenoxy) is 1. The highest BCUT2D eigenvalue weighted by molar-refractivity contribution is 5.85. The lowest BCUT2D eigenvalue weighted by atomic mass is 9.35. The summed E-state index contributed by atoms with van der Waals surface area (Å²) in [6.07, 6.45) is 7.31. The van der Waals surface area contributed by atoms with Crippen LogP contribution in [0.5, 0.6) is 0 Å². The SMILES string of the molecule is CC(=O)OC1CC(C(C)C)C2(CO)CCC3(C)C4C(=CCC3(C)C12)C1(C)CCC(=O)C(C)(C)C1CC4O. The number of aliphatic hydroxyl groups excluding tert-OH is 2. The van der Waals surface area contributed by atoms with Gasteiger partial charge in [0.25, 0.3) is 0 Å². The topological polar surface area (TPSA) is 83.8 Å². The summed E-state index contributed by atoms with van der Waals surface area (Å²) in [4.78, 5) is 25.2. The van der Waals surface area contributed by atoms with Crippen LogP contribution in [0.25, 0.3) is 0 Å². The lowest BCUT2D eigenvalue weighted by molar-refractivity contribution is -0.211. The molecule has 0 spiro atoms. The maximum Gasteiger partial charge on any atom is 0.302 e. The molecule has 0 aromatic rings. The van der Waals surface area contributed by atoms with Crippen molar-refractivity contribution in [3.05, 3.63) is 11.6 Å². The van der Waals surface area contributed by atoms with Gasteiger partial charge in [0.05, 0.1) is 6.10 Å². The van der Waals surface area contributed by atoms with Gasteiger partial charge in [0.15, 0.2) is 0 Å². The summed E-state index contributed by atoms with van der Waals surface area (Å²) in [6.45, 7) is 17.4. The van der Waals surface area contributed by atoms with E-state index in [0.29, 0.717) is 30.5 Å². The Hall–Kier alpha value is -1.20. The number of allylic oxidation sites excluding steroid dienone is 1. The largest absolute Gasteiger partial charge is 0.462 e. The third kappa shape index (κ3) is 3.34. The minimum Gasteiger partial charge on any atom is -0.462 e. The molecule has 10 unspecified atom stereocenters. The molecule has 0 aromatic heterocycles. The Bertz CT molecular complexity index is 1010. The first-order valence-corrected chi connectivity index (χ1v) is 14.8. The van der Waals surface area contributed by atoms with Crippen molar-refractivity contribution < 1.29 is 24.5 Å². The van der Waals surface area contributed by atoms with Gasteiger partial charge >= 0.3 is 5.97 Å². The van der Waals surface area contributed by atoms with Crippen molar-refractivity contribution in [3.8, 4) is 0 Å². The Kier molecular flexibility index (Phi) is 6.21. The van der Waals surface area contributed by atoms with E-state index in [1.165, 1.54) is 12.5 Å². The summed E-state index contributed by atoms with van der Waals surface area (Å²) in [5.74, 6) is 0.961. The number of ketones is 1. The van der Waals surface area contributed by atoms with Gasteiger partial charge in [-0.05, 0) is 72.5 Å². The zero-order chi connectivity index (χ0) is 27.3. The van der Waals surface area contributed by atoms with Crippen molar-refractivity contribution in [2.45, 2.75) is 113 Å². The van der Waals surface area contributed by atoms with Gasteiger partial charge in [0, 0.05) is 42.6 Å². The summed E-state index contributed by atoms with van der Waals surface area (Å²) < 4.78 is 6.08. The van der Waals surface area contributed by atoms with E-state index in [1.807, 2.05) is 0 Å². The van der Waals surface area contributed by atoms with Crippen molar-refractivity contribution in [2.24, 2.45) is 56.7 Å². The first-order valence-electron chi connectivity index (χ1n) is 14.8. The molecule has 37 heavy (non-hydrogen) atoms. The molecule has 4 saturated carbocycles. The van der Waals surface area contributed by atoms with Gasteiger partial charge in [0.1, 0.15) is 11.9 Å². The second-order valence-corrected chi connectivity index (χ2v) is 15.2. The van der Waals surface area contributed by atoms with Crippen molar-refractivity contribution in [3.63, 3.8) is 0 Å². The average Bonchev–Trinajstić information content (AvgIpc) is 3.14. The van der Waals surface area contributed by atoms with Crippen LogP contribution in [0.3, 0.4) is 0 Å². The summed E-state index contributed by atoms with van der Waals surface area (Å²) in [6, 6.07) is 0. The number of carbonyl (C=O) groups excluding carboxylic acids is 2. The summed E-state index contributed by atoms with van der Waals surface area (Å²) in [7, 11) is 0. The fourth-order valence-corrected chi connectivity index (χ4v) is 11.3. The quantitative estimate of drug-likeness (QED) is 0.372. The van der Waals surface area contributed by atoms with E-state index >= 15 is 0 Å². The molecular formula is C32H50O5. The first-order chi connectivity index (χ1) is 17.1. The Labute approximate surface area is 223 Å². The van der Waals surface area contributed by atoms with Gasteiger partial charge in [-0.3, -0.25) is 9.59 Å². The zero-order valence-electron chi connectivity index (χ0n) is 24.4. The molecule has 0 bridgehead atoms. The number of hydrogen-bond donors (Lipinski definition) is 2. The molecule has 2 N–H and O–H groups in total. The molecule has 5 aliphatic carbocycles. The monoisotopic (exact) mass is 514 g/mol. The molecule has 0 saturated heterocycles. The maximum absolute atomic E-state index is 13.0. The highest BCUT2D eigenvalue weighted by atomic mass is 16.5. The smallest absolute Gasteiger partial charge is 0.302 e. The van der Waals surface area contributed by atoms with E-state index < -0.39 is 11.5 Å². The molecule has 0 heterocycles. The van der Waals surface area contributed by atoms with Gasteiger partial charge in [-0.2, -0.15) is 0 Å². The van der Waals surface area contributed by atoms with Crippen LogP contribution in [-0.2, 0) is 14.3 Å². The number of aliphatic hydroxyl groups is 2. The zero-order valence-corrected chi connectivity index (χ0v) is 24.4. The van der Waals surface area contributed by atoms with Crippen molar-refractivity contribution >= 4 is 11.8 Å². The summed E-state index contributed by atoms with van der Waals surface area (Å²) >= 11 is 0. The number of rotatable bonds is 3. The minimum atomic E-state index is -0.504. The average molecular weight is 515 g/mol. The van der Waals surface area contributed by atoms with E-state index in [9.17, 15) is 19.8 Å². The second kappa shape index (κ2) is 8.40. The Balaban J connectivity index is 1.65. The van der Waals surface area contributed by atoms with Crippen LogP contribution in [0.2, 0.25) is 0 Å². The lowest BCUT2D eigenvalue weighted by Crippen LogP contribution is -2.66. The molecule has 5 nitrogen and oxygen atoms in total. The van der Waals surface area contributed by atoms with Crippen LogP contribution in [0.1, 0.15) is 100 Å². The maximum atomic E-state index is 13.0. The third-order valence-electron chi connectivity index (χ3n) is 13.3. The number of fused-ring (bicyclic) bond motifs is 7. The van der Waals surface area contributed by atoms with E-state index in [1.54, 1.807) is 0 Å². The lowest BCUT2D eigenvalue weighted by Gasteiger charge is -2.69. The van der Waals surface area contributed by atoms with Gasteiger partial charge in [-0.15, -0.1) is 0 Å².